The summed E-state index contributed by atoms with van der Waals surface area (Å²) in [5, 5.41) is 3.83. The zero-order chi connectivity index (χ0) is 20.0. The predicted molar refractivity (Wildman–Crippen MR) is 105 cm³/mol. The van der Waals surface area contributed by atoms with Gasteiger partial charge in [0, 0.05) is 16.1 Å². The minimum absolute atomic E-state index is 0.0970. The summed E-state index contributed by atoms with van der Waals surface area (Å²) >= 11 is 3.35. The van der Waals surface area contributed by atoms with Crippen molar-refractivity contribution in [1.82, 2.24) is 4.83 Å². The van der Waals surface area contributed by atoms with Crippen molar-refractivity contribution in [1.29, 1.82) is 0 Å². The van der Waals surface area contributed by atoms with Crippen LogP contribution in [0.5, 0.6) is 23.0 Å². The highest BCUT2D eigenvalue weighted by Crippen LogP contribution is 2.33. The van der Waals surface area contributed by atoms with Crippen LogP contribution in [-0.4, -0.2) is 43.1 Å². The van der Waals surface area contributed by atoms with Gasteiger partial charge in [0.25, 0.3) is 10.0 Å². The molecule has 8 nitrogen and oxygen atoms in total. The molecule has 0 aliphatic carbocycles. The minimum Gasteiger partial charge on any atom is -0.497 e. The van der Waals surface area contributed by atoms with Crippen molar-refractivity contribution in [3.63, 3.8) is 0 Å². The van der Waals surface area contributed by atoms with E-state index in [1.807, 2.05) is 0 Å². The van der Waals surface area contributed by atoms with E-state index < -0.39 is 10.0 Å². The van der Waals surface area contributed by atoms with Crippen LogP contribution in [0.15, 0.2) is 44.8 Å². The van der Waals surface area contributed by atoms with Gasteiger partial charge in [0.1, 0.15) is 16.4 Å². The number of hydrogen-bond donors (Lipinski definition) is 1. The first-order valence-electron chi connectivity index (χ1n) is 7.54. The summed E-state index contributed by atoms with van der Waals surface area (Å²) in [5.74, 6) is 1.44. The third-order valence-corrected chi connectivity index (χ3v) is 5.21. The number of nitrogens with zero attached hydrogens (tertiary/aromatic N) is 1. The molecular weight excluding hydrogens is 440 g/mol. The number of nitrogens with one attached hydrogen (secondary N) is 1. The lowest BCUT2D eigenvalue weighted by molar-refractivity contribution is 0.354. The molecule has 2 aromatic carbocycles. The molecule has 2 aromatic rings. The average Bonchev–Trinajstić information content (AvgIpc) is 2.66. The van der Waals surface area contributed by atoms with Gasteiger partial charge in [0.2, 0.25) is 0 Å². The van der Waals surface area contributed by atoms with E-state index in [1.165, 1.54) is 46.8 Å². The largest absolute Gasteiger partial charge is 0.497 e. The third-order valence-electron chi connectivity index (χ3n) is 3.51. The second-order valence-electron chi connectivity index (χ2n) is 5.10. The zero-order valence-corrected chi connectivity index (χ0v) is 17.5. The van der Waals surface area contributed by atoms with Gasteiger partial charge in [-0.25, -0.2) is 0 Å². The number of sulfonamides is 1. The second-order valence-corrected chi connectivity index (χ2v) is 7.65. The van der Waals surface area contributed by atoms with E-state index >= 15 is 0 Å². The molecule has 2 rings (SSSR count). The van der Waals surface area contributed by atoms with Gasteiger partial charge >= 0.3 is 0 Å². The molecule has 0 heterocycles. The molecule has 0 unspecified atom stereocenters. The fourth-order valence-electron chi connectivity index (χ4n) is 2.26. The van der Waals surface area contributed by atoms with Gasteiger partial charge in [-0.15, -0.1) is 0 Å². The number of methoxy groups -OCH3 is 4. The van der Waals surface area contributed by atoms with Gasteiger partial charge < -0.3 is 18.9 Å². The van der Waals surface area contributed by atoms with Crippen LogP contribution >= 0.6 is 15.9 Å². The van der Waals surface area contributed by atoms with E-state index in [0.717, 1.165) is 4.47 Å². The van der Waals surface area contributed by atoms with Crippen LogP contribution in [-0.2, 0) is 10.0 Å². The van der Waals surface area contributed by atoms with Crippen LogP contribution in [0.1, 0.15) is 5.56 Å². The van der Waals surface area contributed by atoms with Crippen LogP contribution in [0.3, 0.4) is 0 Å². The van der Waals surface area contributed by atoms with E-state index in [2.05, 4.69) is 25.9 Å². The van der Waals surface area contributed by atoms with Crippen molar-refractivity contribution < 1.29 is 27.4 Å². The molecule has 0 saturated heterocycles. The fraction of sp³-hybridized carbons (Fsp3) is 0.235. The molecular formula is C17H19BrN2O6S. The monoisotopic (exact) mass is 458 g/mol. The Morgan fingerprint density at radius 1 is 0.963 bits per heavy atom. The van der Waals surface area contributed by atoms with Gasteiger partial charge in [0.05, 0.1) is 34.7 Å². The number of rotatable bonds is 8. The Bertz CT molecular complexity index is 947. The summed E-state index contributed by atoms with van der Waals surface area (Å²) in [6.45, 7) is 0. The summed E-state index contributed by atoms with van der Waals surface area (Å²) < 4.78 is 46.6. The molecule has 0 aliphatic heterocycles. The lowest BCUT2D eigenvalue weighted by atomic mass is 10.2. The van der Waals surface area contributed by atoms with Gasteiger partial charge in [-0.2, -0.15) is 18.4 Å². The van der Waals surface area contributed by atoms with E-state index in [-0.39, 0.29) is 10.6 Å². The Morgan fingerprint density at radius 3 is 2.26 bits per heavy atom. The van der Waals surface area contributed by atoms with Crippen LogP contribution in [0.25, 0.3) is 0 Å². The highest BCUT2D eigenvalue weighted by Gasteiger charge is 2.20. The Balaban J connectivity index is 2.35. The molecule has 0 saturated carbocycles. The predicted octanol–water partition coefficient (Wildman–Crippen LogP) is 2.80. The maximum absolute atomic E-state index is 12.6. The Kier molecular flexibility index (Phi) is 6.92. The van der Waals surface area contributed by atoms with Crippen LogP contribution in [0, 0.1) is 0 Å². The molecule has 0 atom stereocenters. The number of halogens is 1. The molecule has 0 fully saturated rings. The van der Waals surface area contributed by atoms with E-state index in [1.54, 1.807) is 18.2 Å². The molecule has 0 aliphatic rings. The molecule has 0 radical (unpaired) electrons. The lowest BCUT2D eigenvalue weighted by Crippen LogP contribution is -2.19. The van der Waals surface area contributed by atoms with Gasteiger partial charge in [-0.3, -0.25) is 0 Å². The van der Waals surface area contributed by atoms with Crippen LogP contribution in [0.2, 0.25) is 0 Å². The maximum atomic E-state index is 12.6. The normalized spacial score (nSPS) is 11.3. The minimum atomic E-state index is -3.99. The Hall–Kier alpha value is -2.46. The Morgan fingerprint density at radius 2 is 1.67 bits per heavy atom. The SMILES string of the molecule is COc1ccc(OC)c(S(=O)(=O)N/N=C/c2cc(Br)cc(OC)c2OC)c1. The maximum Gasteiger partial charge on any atom is 0.280 e. The second kappa shape index (κ2) is 8.96. The molecule has 146 valence electrons. The first kappa shape index (κ1) is 20.8. The zero-order valence-electron chi connectivity index (χ0n) is 15.1. The van der Waals surface area contributed by atoms with Gasteiger partial charge in [0.15, 0.2) is 11.5 Å². The van der Waals surface area contributed by atoms with Crippen molar-refractivity contribution in [3.05, 3.63) is 40.4 Å². The molecule has 0 aromatic heterocycles. The van der Waals surface area contributed by atoms with Crippen molar-refractivity contribution in [2.45, 2.75) is 4.90 Å². The third kappa shape index (κ3) is 4.83. The number of ether oxygens (including phenoxy) is 4. The average molecular weight is 459 g/mol. The van der Waals surface area contributed by atoms with E-state index in [4.69, 9.17) is 18.9 Å². The summed E-state index contributed by atoms with van der Waals surface area (Å²) in [4.78, 5) is 2.06. The fourth-order valence-corrected chi connectivity index (χ4v) is 3.70. The molecule has 27 heavy (non-hydrogen) atoms. The number of hydrazone groups is 1. The van der Waals surface area contributed by atoms with Crippen molar-refractivity contribution in [2.24, 2.45) is 5.10 Å². The van der Waals surface area contributed by atoms with Crippen LogP contribution < -0.4 is 23.8 Å². The lowest BCUT2D eigenvalue weighted by Gasteiger charge is -2.12. The smallest absolute Gasteiger partial charge is 0.280 e. The number of hydrogen-bond acceptors (Lipinski definition) is 7. The standard InChI is InChI=1S/C17H19BrN2O6S/c1-23-13-5-6-14(24-2)16(9-13)27(21,22)20-19-10-11-7-12(18)8-15(25-3)17(11)26-4/h5-10,20H,1-4H3/b19-10+. The summed E-state index contributed by atoms with van der Waals surface area (Å²) in [5.41, 5.74) is 0.518. The van der Waals surface area contributed by atoms with Crippen molar-refractivity contribution >= 4 is 32.2 Å². The quantitative estimate of drug-likeness (QED) is 0.482. The van der Waals surface area contributed by atoms with Crippen molar-refractivity contribution in [2.75, 3.05) is 28.4 Å². The first-order valence-corrected chi connectivity index (χ1v) is 9.82. The van der Waals surface area contributed by atoms with Gasteiger partial charge in [-0.1, -0.05) is 15.9 Å². The highest BCUT2D eigenvalue weighted by atomic mass is 79.9. The van der Waals surface area contributed by atoms with Gasteiger partial charge in [-0.05, 0) is 24.3 Å². The highest BCUT2D eigenvalue weighted by molar-refractivity contribution is 9.10. The van der Waals surface area contributed by atoms with Crippen molar-refractivity contribution in [3.8, 4) is 23.0 Å². The summed E-state index contributed by atoms with van der Waals surface area (Å²) in [6.07, 6.45) is 1.32. The molecule has 0 bridgehead atoms. The van der Waals surface area contributed by atoms with E-state index in [0.29, 0.717) is 22.8 Å². The number of benzene rings is 2. The first-order chi connectivity index (χ1) is 12.9. The molecule has 0 amide bonds. The molecule has 10 heteroatoms. The molecule has 0 spiro atoms. The summed E-state index contributed by atoms with van der Waals surface area (Å²) in [6, 6.07) is 7.88. The topological polar surface area (TPSA) is 95.5 Å². The van der Waals surface area contributed by atoms with Crippen LogP contribution in [0.4, 0.5) is 0 Å². The summed E-state index contributed by atoms with van der Waals surface area (Å²) in [7, 11) is 1.81. The Labute approximate surface area is 166 Å². The molecule has 1 N–H and O–H groups in total. The van der Waals surface area contributed by atoms with E-state index in [9.17, 15) is 8.42 Å².